The monoisotopic (exact) mass is 234 g/mol. The summed E-state index contributed by atoms with van der Waals surface area (Å²) >= 11 is 3.16. The highest BCUT2D eigenvalue weighted by molar-refractivity contribution is 9.10. The average molecular weight is 235 g/mol. The van der Waals surface area contributed by atoms with Gasteiger partial charge in [0.1, 0.15) is 4.60 Å². The highest BCUT2D eigenvalue weighted by atomic mass is 79.9. The minimum atomic E-state index is -0.273. The Labute approximate surface area is 79.9 Å². The van der Waals surface area contributed by atoms with Crippen molar-refractivity contribution in [1.82, 2.24) is 9.78 Å². The molecular formula is C8H12BrFN2. The second kappa shape index (κ2) is 2.83. The topological polar surface area (TPSA) is 17.8 Å². The van der Waals surface area contributed by atoms with Crippen molar-refractivity contribution in [3.8, 4) is 0 Å². The van der Waals surface area contributed by atoms with Crippen LogP contribution in [0, 0.1) is 12.7 Å². The fourth-order valence-corrected chi connectivity index (χ4v) is 1.82. The molecule has 4 heteroatoms. The minimum absolute atomic E-state index is 0.187. The van der Waals surface area contributed by atoms with Gasteiger partial charge in [-0.25, -0.2) is 9.07 Å². The summed E-state index contributed by atoms with van der Waals surface area (Å²) in [5.41, 5.74) is 0.241. The van der Waals surface area contributed by atoms with Gasteiger partial charge in [0.25, 0.3) is 0 Å². The summed E-state index contributed by atoms with van der Waals surface area (Å²) in [5.74, 6) is -0.273. The van der Waals surface area contributed by atoms with E-state index in [1.807, 2.05) is 20.8 Å². The summed E-state index contributed by atoms with van der Waals surface area (Å²) < 4.78 is 15.2. The van der Waals surface area contributed by atoms with Crippen molar-refractivity contribution >= 4 is 15.9 Å². The molecule has 0 saturated heterocycles. The molecule has 0 aliphatic heterocycles. The van der Waals surface area contributed by atoms with Crippen LogP contribution in [0.1, 0.15) is 26.5 Å². The first-order valence-electron chi connectivity index (χ1n) is 3.75. The number of aryl methyl sites for hydroxylation is 1. The van der Waals surface area contributed by atoms with E-state index in [0.29, 0.717) is 10.3 Å². The van der Waals surface area contributed by atoms with E-state index >= 15 is 0 Å². The average Bonchev–Trinajstić information content (AvgIpc) is 2.15. The fraction of sp³-hybridized carbons (Fsp3) is 0.625. The molecule has 0 fully saturated rings. The molecule has 68 valence electrons. The Hall–Kier alpha value is -0.380. The molecule has 1 heterocycles. The lowest BCUT2D eigenvalue weighted by Crippen LogP contribution is -2.23. The zero-order chi connectivity index (χ0) is 9.52. The van der Waals surface area contributed by atoms with Crippen LogP contribution in [0.3, 0.4) is 0 Å². The van der Waals surface area contributed by atoms with E-state index in [2.05, 4.69) is 21.0 Å². The number of nitrogens with zero attached hydrogens (tertiary/aromatic N) is 2. The summed E-state index contributed by atoms with van der Waals surface area (Å²) in [6.07, 6.45) is 0. The summed E-state index contributed by atoms with van der Waals surface area (Å²) in [5, 5.41) is 4.08. The number of hydrogen-bond acceptors (Lipinski definition) is 1. The van der Waals surface area contributed by atoms with Crippen LogP contribution in [-0.4, -0.2) is 9.78 Å². The number of halogens is 2. The van der Waals surface area contributed by atoms with Crippen LogP contribution in [0.4, 0.5) is 4.39 Å². The van der Waals surface area contributed by atoms with E-state index in [0.717, 1.165) is 0 Å². The molecule has 0 bridgehead atoms. The Balaban J connectivity index is 3.28. The summed E-state index contributed by atoms with van der Waals surface area (Å²) in [7, 11) is 0. The van der Waals surface area contributed by atoms with E-state index in [4.69, 9.17) is 0 Å². The Morgan fingerprint density at radius 2 is 1.92 bits per heavy atom. The Morgan fingerprint density at radius 3 is 2.08 bits per heavy atom. The lowest BCUT2D eigenvalue weighted by molar-refractivity contribution is 0.345. The van der Waals surface area contributed by atoms with Gasteiger partial charge in [0, 0.05) is 0 Å². The summed E-state index contributed by atoms with van der Waals surface area (Å²) in [4.78, 5) is 0. The van der Waals surface area contributed by atoms with Crippen LogP contribution in [-0.2, 0) is 5.54 Å². The molecule has 0 spiro atoms. The van der Waals surface area contributed by atoms with Gasteiger partial charge in [-0.2, -0.15) is 5.10 Å². The first-order chi connectivity index (χ1) is 5.34. The molecule has 0 amide bonds. The lowest BCUT2D eigenvalue weighted by atomic mass is 10.1. The predicted octanol–water partition coefficient (Wildman–Crippen LogP) is 2.85. The Bertz CT molecular complexity index is 299. The third-order valence-corrected chi connectivity index (χ3v) is 2.25. The number of hydrogen-bond donors (Lipinski definition) is 0. The normalized spacial score (nSPS) is 12.2. The highest BCUT2D eigenvalue weighted by Gasteiger charge is 2.21. The van der Waals surface area contributed by atoms with Crippen molar-refractivity contribution < 1.29 is 4.39 Å². The third kappa shape index (κ3) is 1.53. The van der Waals surface area contributed by atoms with Gasteiger partial charge in [-0.1, -0.05) is 0 Å². The first kappa shape index (κ1) is 9.71. The second-order valence-corrected chi connectivity index (χ2v) is 4.52. The van der Waals surface area contributed by atoms with Gasteiger partial charge in [0.05, 0.1) is 11.2 Å². The maximum atomic E-state index is 13.2. The molecule has 0 aromatic carbocycles. The molecule has 1 aromatic rings. The van der Waals surface area contributed by atoms with Crippen LogP contribution in [0.25, 0.3) is 0 Å². The van der Waals surface area contributed by atoms with Gasteiger partial charge in [-0.15, -0.1) is 0 Å². The van der Waals surface area contributed by atoms with E-state index in [1.165, 1.54) is 0 Å². The van der Waals surface area contributed by atoms with Crippen LogP contribution >= 0.6 is 15.9 Å². The predicted molar refractivity (Wildman–Crippen MR) is 49.6 cm³/mol. The van der Waals surface area contributed by atoms with Gasteiger partial charge in [-0.05, 0) is 43.6 Å². The maximum Gasteiger partial charge on any atom is 0.178 e. The molecule has 0 saturated carbocycles. The van der Waals surface area contributed by atoms with Gasteiger partial charge in [-0.3, -0.25) is 0 Å². The summed E-state index contributed by atoms with van der Waals surface area (Å²) in [6, 6.07) is 0. The second-order valence-electron chi connectivity index (χ2n) is 3.77. The quantitative estimate of drug-likeness (QED) is 0.676. The molecule has 12 heavy (non-hydrogen) atoms. The largest absolute Gasteiger partial charge is 0.250 e. The van der Waals surface area contributed by atoms with Gasteiger partial charge in [0.15, 0.2) is 5.82 Å². The Morgan fingerprint density at radius 1 is 1.42 bits per heavy atom. The van der Waals surface area contributed by atoms with E-state index in [-0.39, 0.29) is 11.4 Å². The molecule has 0 aliphatic carbocycles. The van der Waals surface area contributed by atoms with E-state index in [1.54, 1.807) is 11.6 Å². The SMILES string of the molecule is Cc1nn(C(C)(C)C)c(Br)c1F. The van der Waals surface area contributed by atoms with E-state index < -0.39 is 0 Å². The van der Waals surface area contributed by atoms with Crippen molar-refractivity contribution in [1.29, 1.82) is 0 Å². The van der Waals surface area contributed by atoms with Gasteiger partial charge >= 0.3 is 0 Å². The van der Waals surface area contributed by atoms with Crippen molar-refractivity contribution in [2.24, 2.45) is 0 Å². The van der Waals surface area contributed by atoms with Crippen molar-refractivity contribution in [3.63, 3.8) is 0 Å². The molecular weight excluding hydrogens is 223 g/mol. The van der Waals surface area contributed by atoms with Gasteiger partial charge in [0.2, 0.25) is 0 Å². The van der Waals surface area contributed by atoms with Crippen LogP contribution in [0.15, 0.2) is 4.60 Å². The van der Waals surface area contributed by atoms with Gasteiger partial charge < -0.3 is 0 Å². The zero-order valence-electron chi connectivity index (χ0n) is 7.65. The molecule has 2 nitrogen and oxygen atoms in total. The first-order valence-corrected chi connectivity index (χ1v) is 4.54. The molecule has 1 rings (SSSR count). The molecule has 1 aromatic heterocycles. The number of rotatable bonds is 0. The smallest absolute Gasteiger partial charge is 0.178 e. The third-order valence-electron chi connectivity index (χ3n) is 1.57. The molecule has 0 radical (unpaired) electrons. The maximum absolute atomic E-state index is 13.2. The number of aromatic nitrogens is 2. The standard InChI is InChI=1S/C8H12BrFN2/c1-5-6(10)7(9)12(11-5)8(2,3)4/h1-4H3. The fourth-order valence-electron chi connectivity index (χ4n) is 0.925. The molecule has 0 unspecified atom stereocenters. The van der Waals surface area contributed by atoms with E-state index in [9.17, 15) is 4.39 Å². The van der Waals surface area contributed by atoms with Crippen molar-refractivity contribution in [2.45, 2.75) is 33.2 Å². The van der Waals surface area contributed by atoms with Crippen molar-refractivity contribution in [2.75, 3.05) is 0 Å². The molecule has 0 aliphatic rings. The Kier molecular flexibility index (Phi) is 2.29. The zero-order valence-corrected chi connectivity index (χ0v) is 9.24. The minimum Gasteiger partial charge on any atom is -0.250 e. The van der Waals surface area contributed by atoms with Crippen LogP contribution in [0.5, 0.6) is 0 Å². The molecule has 0 atom stereocenters. The summed E-state index contributed by atoms with van der Waals surface area (Å²) in [6.45, 7) is 7.58. The highest BCUT2D eigenvalue weighted by Crippen LogP contribution is 2.24. The van der Waals surface area contributed by atoms with Crippen LogP contribution < -0.4 is 0 Å². The van der Waals surface area contributed by atoms with Crippen LogP contribution in [0.2, 0.25) is 0 Å². The molecule has 0 N–H and O–H groups in total. The van der Waals surface area contributed by atoms with Crippen molar-refractivity contribution in [3.05, 3.63) is 16.1 Å². The lowest BCUT2D eigenvalue weighted by Gasteiger charge is -2.20.